The number of ether oxygens (including phenoxy) is 3. The number of hydrogen-bond acceptors (Lipinski definition) is 6. The molecule has 6 heteroatoms. The zero-order valence-electron chi connectivity index (χ0n) is 18.4. The first-order valence-corrected chi connectivity index (χ1v) is 10.8. The van der Waals surface area contributed by atoms with Crippen LogP contribution in [-0.2, 0) is 30.4 Å². The number of aliphatic hydroxyl groups is 1. The van der Waals surface area contributed by atoms with Crippen molar-refractivity contribution in [3.05, 3.63) is 48.0 Å². The second-order valence-corrected chi connectivity index (χ2v) is 7.24. The van der Waals surface area contributed by atoms with E-state index in [1.807, 2.05) is 30.3 Å². The highest BCUT2D eigenvalue weighted by molar-refractivity contribution is 5.81. The van der Waals surface area contributed by atoms with E-state index in [0.29, 0.717) is 26.1 Å². The van der Waals surface area contributed by atoms with Gasteiger partial charge in [0, 0.05) is 13.0 Å². The molecule has 1 rings (SSSR count). The van der Waals surface area contributed by atoms with Crippen LogP contribution in [0.2, 0.25) is 0 Å². The Morgan fingerprint density at radius 3 is 2.47 bits per heavy atom. The van der Waals surface area contributed by atoms with Crippen molar-refractivity contribution in [3.8, 4) is 0 Å². The van der Waals surface area contributed by atoms with E-state index >= 15 is 0 Å². The highest BCUT2D eigenvalue weighted by atomic mass is 16.6. The largest absolute Gasteiger partial charge is 0.463 e. The summed E-state index contributed by atoms with van der Waals surface area (Å²) in [4.78, 5) is 22.9. The van der Waals surface area contributed by atoms with Crippen LogP contribution in [0.15, 0.2) is 42.5 Å². The van der Waals surface area contributed by atoms with Gasteiger partial charge in [-0.25, -0.2) is 4.79 Å². The molecule has 0 fully saturated rings. The van der Waals surface area contributed by atoms with E-state index in [1.165, 1.54) is 13.0 Å². The van der Waals surface area contributed by atoms with E-state index in [4.69, 9.17) is 14.2 Å². The molecule has 0 spiro atoms. The minimum Gasteiger partial charge on any atom is -0.463 e. The SMILES string of the molecule is CCCCC(CC[C@@H](OC(C)=O)C(O)C/C=C/C(=O)OCC)OCc1ccccc1. The van der Waals surface area contributed by atoms with Crippen molar-refractivity contribution < 1.29 is 28.9 Å². The number of carbonyl (C=O) groups excluding carboxylic acids is 2. The summed E-state index contributed by atoms with van der Waals surface area (Å²) in [6.45, 7) is 6.01. The molecule has 0 saturated heterocycles. The van der Waals surface area contributed by atoms with Gasteiger partial charge in [0.15, 0.2) is 0 Å². The number of benzene rings is 1. The molecule has 30 heavy (non-hydrogen) atoms. The van der Waals surface area contributed by atoms with Gasteiger partial charge in [-0.2, -0.15) is 0 Å². The van der Waals surface area contributed by atoms with Crippen LogP contribution in [0.25, 0.3) is 0 Å². The highest BCUT2D eigenvalue weighted by Gasteiger charge is 2.23. The van der Waals surface area contributed by atoms with Crippen molar-refractivity contribution in [3.63, 3.8) is 0 Å². The fourth-order valence-corrected chi connectivity index (χ4v) is 3.07. The molecule has 6 nitrogen and oxygen atoms in total. The van der Waals surface area contributed by atoms with Crippen LogP contribution in [0.5, 0.6) is 0 Å². The monoisotopic (exact) mass is 420 g/mol. The quantitative estimate of drug-likeness (QED) is 0.336. The van der Waals surface area contributed by atoms with E-state index in [2.05, 4.69) is 6.92 Å². The molecule has 0 bridgehead atoms. The summed E-state index contributed by atoms with van der Waals surface area (Å²) in [6.07, 6.45) is 5.66. The molecule has 3 atom stereocenters. The van der Waals surface area contributed by atoms with Gasteiger partial charge in [0.25, 0.3) is 0 Å². The van der Waals surface area contributed by atoms with E-state index in [9.17, 15) is 14.7 Å². The van der Waals surface area contributed by atoms with E-state index in [-0.39, 0.29) is 12.5 Å². The Bertz CT molecular complexity index is 628. The topological polar surface area (TPSA) is 82.1 Å². The minimum absolute atomic E-state index is 0.0190. The molecular weight excluding hydrogens is 384 g/mol. The summed E-state index contributed by atoms with van der Waals surface area (Å²) in [5, 5.41) is 10.5. The molecule has 0 saturated carbocycles. The van der Waals surface area contributed by atoms with Crippen molar-refractivity contribution >= 4 is 11.9 Å². The van der Waals surface area contributed by atoms with Crippen LogP contribution >= 0.6 is 0 Å². The van der Waals surface area contributed by atoms with Crippen LogP contribution in [0, 0.1) is 0 Å². The lowest BCUT2D eigenvalue weighted by Crippen LogP contribution is -2.31. The van der Waals surface area contributed by atoms with Crippen LogP contribution in [0.3, 0.4) is 0 Å². The Balaban J connectivity index is 2.62. The number of unbranched alkanes of at least 4 members (excludes halogenated alkanes) is 1. The highest BCUT2D eigenvalue weighted by Crippen LogP contribution is 2.19. The molecule has 0 aliphatic heterocycles. The second-order valence-electron chi connectivity index (χ2n) is 7.24. The average molecular weight is 421 g/mol. The van der Waals surface area contributed by atoms with E-state index in [1.54, 1.807) is 13.0 Å². The Morgan fingerprint density at radius 2 is 1.83 bits per heavy atom. The smallest absolute Gasteiger partial charge is 0.330 e. The zero-order chi connectivity index (χ0) is 22.2. The van der Waals surface area contributed by atoms with E-state index in [0.717, 1.165) is 24.8 Å². The Kier molecular flexibility index (Phi) is 13.5. The molecule has 2 unspecified atom stereocenters. The lowest BCUT2D eigenvalue weighted by atomic mass is 10.00. The molecule has 0 aliphatic rings. The Labute approximate surface area is 180 Å². The maximum absolute atomic E-state index is 11.5. The van der Waals surface area contributed by atoms with Gasteiger partial charge in [-0.05, 0) is 38.2 Å². The summed E-state index contributed by atoms with van der Waals surface area (Å²) in [5.41, 5.74) is 1.11. The first kappa shape index (κ1) is 25.9. The molecule has 0 aromatic heterocycles. The minimum atomic E-state index is -0.902. The lowest BCUT2D eigenvalue weighted by Gasteiger charge is -2.25. The normalized spacial score (nSPS) is 14.3. The third kappa shape index (κ3) is 11.7. The van der Waals surface area contributed by atoms with Crippen LogP contribution in [0.1, 0.15) is 64.9 Å². The standard InChI is InChI=1S/C24H36O6/c1-4-6-13-21(29-18-20-11-8-7-9-12-20)16-17-23(30-19(3)25)22(26)14-10-15-24(27)28-5-2/h7-12,15,21-23,26H,4-6,13-14,16-18H2,1-3H3/b15-10+/t21?,22?,23-/m1/s1. The van der Waals surface area contributed by atoms with Crippen LogP contribution in [-0.4, -0.2) is 42.0 Å². The average Bonchev–Trinajstić information content (AvgIpc) is 2.72. The molecule has 1 N–H and O–H groups in total. The molecule has 0 radical (unpaired) electrons. The second kappa shape index (κ2) is 15.6. The molecule has 1 aromatic carbocycles. The van der Waals surface area contributed by atoms with Crippen molar-refractivity contribution in [2.45, 2.75) is 84.2 Å². The van der Waals surface area contributed by atoms with Gasteiger partial charge in [0.2, 0.25) is 0 Å². The molecular formula is C24H36O6. The molecule has 0 amide bonds. The van der Waals surface area contributed by atoms with Gasteiger partial charge < -0.3 is 19.3 Å². The van der Waals surface area contributed by atoms with E-state index < -0.39 is 24.1 Å². The van der Waals surface area contributed by atoms with Gasteiger partial charge >= 0.3 is 11.9 Å². The number of carbonyl (C=O) groups is 2. The summed E-state index contributed by atoms with van der Waals surface area (Å²) >= 11 is 0. The maximum atomic E-state index is 11.5. The summed E-state index contributed by atoms with van der Waals surface area (Å²) < 4.78 is 16.3. The Morgan fingerprint density at radius 1 is 1.10 bits per heavy atom. The molecule has 168 valence electrons. The van der Waals surface area contributed by atoms with Gasteiger partial charge in [-0.15, -0.1) is 0 Å². The number of rotatable bonds is 15. The van der Waals surface area contributed by atoms with Gasteiger partial charge in [0.05, 0.1) is 25.4 Å². The van der Waals surface area contributed by atoms with Crippen LogP contribution in [0.4, 0.5) is 0 Å². The third-order valence-corrected chi connectivity index (χ3v) is 4.65. The maximum Gasteiger partial charge on any atom is 0.330 e. The number of aliphatic hydroxyl groups excluding tert-OH is 1. The van der Waals surface area contributed by atoms with Gasteiger partial charge in [0.1, 0.15) is 6.10 Å². The zero-order valence-corrected chi connectivity index (χ0v) is 18.4. The summed E-state index contributed by atoms with van der Waals surface area (Å²) in [6, 6.07) is 9.99. The van der Waals surface area contributed by atoms with Crippen molar-refractivity contribution in [2.24, 2.45) is 0 Å². The first-order chi connectivity index (χ1) is 14.5. The fourth-order valence-electron chi connectivity index (χ4n) is 3.07. The number of esters is 2. The predicted molar refractivity (Wildman–Crippen MR) is 116 cm³/mol. The summed E-state index contributed by atoms with van der Waals surface area (Å²) in [5.74, 6) is -0.897. The predicted octanol–water partition coefficient (Wildman–Crippen LogP) is 4.34. The van der Waals surface area contributed by atoms with Gasteiger partial charge in [-0.1, -0.05) is 56.2 Å². The summed E-state index contributed by atoms with van der Waals surface area (Å²) in [7, 11) is 0. The van der Waals surface area contributed by atoms with Crippen molar-refractivity contribution in [2.75, 3.05) is 6.61 Å². The molecule has 1 aromatic rings. The first-order valence-electron chi connectivity index (χ1n) is 10.8. The molecule has 0 heterocycles. The van der Waals surface area contributed by atoms with Crippen LogP contribution < -0.4 is 0 Å². The molecule has 0 aliphatic carbocycles. The Hall–Kier alpha value is -2.18. The fraction of sp³-hybridized carbons (Fsp3) is 0.583. The number of hydrogen-bond donors (Lipinski definition) is 1. The van der Waals surface area contributed by atoms with Crippen molar-refractivity contribution in [1.82, 2.24) is 0 Å². The van der Waals surface area contributed by atoms with Crippen molar-refractivity contribution in [1.29, 1.82) is 0 Å². The third-order valence-electron chi connectivity index (χ3n) is 4.65. The lowest BCUT2D eigenvalue weighted by molar-refractivity contribution is -0.153. The van der Waals surface area contributed by atoms with Gasteiger partial charge in [-0.3, -0.25) is 4.79 Å².